The number of amides is 6. The number of methoxy groups -OCH3 is 1. The third-order valence-corrected chi connectivity index (χ3v) is 21.6. The van der Waals surface area contributed by atoms with Crippen LogP contribution in [-0.4, -0.2) is 128 Å². The minimum absolute atomic E-state index is 0.00545. The van der Waals surface area contributed by atoms with Gasteiger partial charge >= 0.3 is 5.97 Å². The zero-order valence-electron chi connectivity index (χ0n) is 48.6. The number of fused-ring (bicyclic) bond motifs is 16. The number of pyridine rings is 1. The molecule has 2 aliphatic heterocycles. The number of primary amides is 1. The highest BCUT2D eigenvalue weighted by Crippen LogP contribution is 2.43. The van der Waals surface area contributed by atoms with Crippen molar-refractivity contribution in [3.8, 4) is 49.1 Å². The summed E-state index contributed by atoms with van der Waals surface area (Å²) in [6.07, 6.45) is -0.442. The minimum Gasteiger partial charge on any atom is -0.508 e. The number of aryl methyl sites for hydroxylation is 1. The van der Waals surface area contributed by atoms with Crippen molar-refractivity contribution in [3.63, 3.8) is 0 Å². The van der Waals surface area contributed by atoms with Crippen LogP contribution in [0.5, 0.6) is 5.75 Å². The lowest BCUT2D eigenvalue weighted by atomic mass is 9.86. The van der Waals surface area contributed by atoms with Crippen LogP contribution in [0.2, 0.25) is 0 Å². The maximum Gasteiger partial charge on any atom is 0.308 e. The summed E-state index contributed by atoms with van der Waals surface area (Å²) in [6.45, 7) is 3.36. The first-order valence-corrected chi connectivity index (χ1v) is 33.9. The van der Waals surface area contributed by atoms with E-state index in [1.165, 1.54) is 63.5 Å². The van der Waals surface area contributed by atoms with Crippen LogP contribution in [0.4, 0.5) is 0 Å². The zero-order chi connectivity index (χ0) is 63.8. The normalized spacial score (nSPS) is 21.6. The predicted molar refractivity (Wildman–Crippen MR) is 341 cm³/mol. The molecule has 7 atom stereocenters. The molecule has 10 bridgehead atoms. The summed E-state index contributed by atoms with van der Waals surface area (Å²) in [4.78, 5) is 133. The Kier molecular flexibility index (Phi) is 18.3. The lowest BCUT2D eigenvalue weighted by Gasteiger charge is -2.29. The summed E-state index contributed by atoms with van der Waals surface area (Å²) < 4.78 is 4.93. The third-order valence-electron chi connectivity index (χ3n) is 16.0. The summed E-state index contributed by atoms with van der Waals surface area (Å²) in [5.41, 5.74) is 8.81. The number of aromatic hydroxyl groups is 1. The van der Waals surface area contributed by atoms with Gasteiger partial charge in [0, 0.05) is 62.3 Å². The molecule has 91 heavy (non-hydrogen) atoms. The molecule has 0 spiro atoms. The van der Waals surface area contributed by atoms with Gasteiger partial charge in [-0.2, -0.15) is 0 Å². The fraction of sp³-hybridized carbons (Fsp3) is 0.311. The number of hydrogen-bond donors (Lipinski definition) is 8. The van der Waals surface area contributed by atoms with Crippen molar-refractivity contribution < 1.29 is 53.6 Å². The highest BCUT2D eigenvalue weighted by molar-refractivity contribution is 7.15. The number of ether oxygens (including phenoxy) is 1. The van der Waals surface area contributed by atoms with Gasteiger partial charge in [-0.25, -0.2) is 34.9 Å². The minimum atomic E-state index is -1.41. The predicted octanol–water partition coefficient (Wildman–Crippen LogP) is 7.75. The molecule has 24 nitrogen and oxygen atoms in total. The Morgan fingerprint density at radius 1 is 0.692 bits per heavy atom. The van der Waals surface area contributed by atoms with Crippen LogP contribution >= 0.6 is 68.0 Å². The molecular formula is C61H57N13O11S6. The van der Waals surface area contributed by atoms with E-state index in [0.717, 1.165) is 34.0 Å². The molecule has 468 valence electrons. The van der Waals surface area contributed by atoms with Crippen LogP contribution in [-0.2, 0) is 25.5 Å². The number of phenolic OH excluding ortho intramolecular Hbond substituents is 1. The van der Waals surface area contributed by atoms with Crippen LogP contribution in [0.25, 0.3) is 43.4 Å². The number of aliphatic hydroxyl groups is 2. The number of rotatable bonds is 10. The highest BCUT2D eigenvalue weighted by Gasteiger charge is 2.46. The summed E-state index contributed by atoms with van der Waals surface area (Å²) >= 11 is 6.94. The molecule has 0 radical (unpaired) electrons. The van der Waals surface area contributed by atoms with Gasteiger partial charge < -0.3 is 52.0 Å². The van der Waals surface area contributed by atoms with E-state index < -0.39 is 78.2 Å². The molecule has 3 aliphatic rings. The first-order valence-electron chi connectivity index (χ1n) is 28.7. The zero-order valence-corrected chi connectivity index (χ0v) is 53.5. The maximum absolute atomic E-state index is 15.2. The van der Waals surface area contributed by atoms with Crippen LogP contribution in [0, 0.1) is 18.8 Å². The number of nitrogens with two attached hydrogens (primary N) is 1. The first-order chi connectivity index (χ1) is 43.8. The van der Waals surface area contributed by atoms with E-state index in [1.807, 2.05) is 6.92 Å². The summed E-state index contributed by atoms with van der Waals surface area (Å²) in [7, 11) is 1.37. The number of aliphatic hydroxyl groups excluding tert-OH is 2. The summed E-state index contributed by atoms with van der Waals surface area (Å²) in [5.74, 6) is -4.86. The molecule has 2 fully saturated rings. The van der Waals surface area contributed by atoms with Crippen LogP contribution < -0.4 is 27.0 Å². The third kappa shape index (κ3) is 13.4. The maximum atomic E-state index is 15.2. The molecule has 9 N–H and O–H groups in total. The average Bonchev–Trinajstić information content (AvgIpc) is 1.69. The molecular weight excluding hydrogens is 1280 g/mol. The Morgan fingerprint density at radius 2 is 1.34 bits per heavy atom. The van der Waals surface area contributed by atoms with E-state index in [2.05, 4.69) is 31.2 Å². The Bertz CT molecular complexity index is 4230. The monoisotopic (exact) mass is 1340 g/mol. The Morgan fingerprint density at radius 3 is 2.09 bits per heavy atom. The van der Waals surface area contributed by atoms with E-state index in [9.17, 15) is 44.1 Å². The Hall–Kier alpha value is -8.62. The molecule has 1 saturated carbocycles. The van der Waals surface area contributed by atoms with Gasteiger partial charge in [0.05, 0.1) is 43.3 Å². The Labute approximate surface area is 543 Å². The lowest BCUT2D eigenvalue weighted by molar-refractivity contribution is -0.146. The standard InChI is InChI=1S/C61H57N13O11S6/c1-27-43(76)21-74-48(27)59-71-42(26-90-59)56-67-38(22-87-56)46-34(17-18-35(64-46)55-69-39(24-88-55)50(79)63-32-13-11-31(12-14-32)61(84)85-3)54-68-40(23-86-54)51(80)65-36(20-44(62)77)57-73-45(28(2)91-57)53(82)72-47(49(78)30-7-5-4-6-8-30)58-70-41(25-89-58)52(81)66-37(60(74)83)19-29-9-15-33(75)16-10-29/h4-10,15-18,22-27,31-32,36-37,43,47-49,75-76,78H,11-14,19-21H2,1-3H3,(H2,62,77)(H,63,79)(H,65,80)(H,66,81)(H,72,82)/t27-,31?,32?,36-,37-,43-,47-,48-,49+/m0/s1. The average molecular weight is 1340 g/mol. The molecule has 12 rings (SSSR count). The molecule has 30 heteroatoms. The number of phenols is 1. The van der Waals surface area contributed by atoms with Gasteiger partial charge in [0.15, 0.2) is 0 Å². The quantitative estimate of drug-likeness (QED) is 0.0606. The molecule has 0 unspecified atom stereocenters. The molecule has 1 aliphatic carbocycles. The van der Waals surface area contributed by atoms with Crippen LogP contribution in [0.3, 0.4) is 0 Å². The second-order valence-corrected chi connectivity index (χ2v) is 27.7. The first kappa shape index (κ1) is 62.6. The number of thiazole rings is 6. The van der Waals surface area contributed by atoms with E-state index in [0.29, 0.717) is 90.1 Å². The number of carbonyl (C=O) groups is 7. The van der Waals surface area contributed by atoms with Crippen molar-refractivity contribution in [1.82, 2.24) is 61.1 Å². The lowest BCUT2D eigenvalue weighted by Crippen LogP contribution is -2.50. The van der Waals surface area contributed by atoms with E-state index in [-0.39, 0.29) is 75.3 Å². The number of benzene rings is 2. The van der Waals surface area contributed by atoms with Gasteiger partial charge in [0.25, 0.3) is 23.6 Å². The van der Waals surface area contributed by atoms with Gasteiger partial charge in [-0.1, -0.05) is 49.4 Å². The van der Waals surface area contributed by atoms with Crippen molar-refractivity contribution >= 4 is 109 Å². The number of carbonyl (C=O) groups excluding carboxylic acids is 7. The number of aromatic nitrogens is 7. The van der Waals surface area contributed by atoms with Gasteiger partial charge in [-0.15, -0.1) is 68.0 Å². The van der Waals surface area contributed by atoms with Gasteiger partial charge in [-0.3, -0.25) is 33.6 Å². The fourth-order valence-corrected chi connectivity index (χ4v) is 16.5. The molecule has 1 saturated heterocycles. The summed E-state index contributed by atoms with van der Waals surface area (Å²) in [6, 6.07) is 13.7. The van der Waals surface area contributed by atoms with Crippen molar-refractivity contribution in [3.05, 3.63) is 147 Å². The highest BCUT2D eigenvalue weighted by atomic mass is 32.1. The molecule has 6 amide bonds. The molecule has 9 heterocycles. The summed E-state index contributed by atoms with van der Waals surface area (Å²) in [5, 5.41) is 55.7. The number of nitrogens with one attached hydrogen (secondary N) is 4. The largest absolute Gasteiger partial charge is 0.508 e. The Balaban J connectivity index is 0.925. The second-order valence-electron chi connectivity index (χ2n) is 22.1. The second kappa shape index (κ2) is 26.7. The van der Waals surface area contributed by atoms with E-state index in [4.69, 9.17) is 35.4 Å². The van der Waals surface area contributed by atoms with Gasteiger partial charge in [0.1, 0.15) is 93.8 Å². The van der Waals surface area contributed by atoms with Crippen molar-refractivity contribution in [2.75, 3.05) is 13.7 Å². The topological polar surface area (TPSA) is 357 Å². The molecule has 9 aromatic rings. The van der Waals surface area contributed by atoms with E-state index in [1.54, 1.807) is 83.0 Å². The molecule has 2 aromatic carbocycles. The molecule has 7 aromatic heterocycles. The van der Waals surface area contributed by atoms with Crippen molar-refractivity contribution in [1.29, 1.82) is 0 Å². The fourth-order valence-electron chi connectivity index (χ4n) is 11.2. The van der Waals surface area contributed by atoms with E-state index >= 15 is 4.79 Å². The van der Waals surface area contributed by atoms with Crippen LogP contribution in [0.15, 0.2) is 93.6 Å². The number of esters is 1. The van der Waals surface area contributed by atoms with Crippen LogP contribution in [0.1, 0.15) is 136 Å². The number of nitrogens with zero attached hydrogens (tertiary/aromatic N) is 8. The van der Waals surface area contributed by atoms with Crippen molar-refractivity contribution in [2.45, 2.75) is 94.8 Å². The SMILES string of the molecule is COC(=O)C1CCC(NC(=O)c2csc(-c3ccc4c(n3)-c3csc(n3)-c3csc(n3)[C@@H]3[C@@H](C)[C@@H](O)CN3C(=O)[C@H](Cc3ccc(O)cc3)NC(=O)c3csc(n3)[C@H]([C@H](O)c3ccccc3)NC(=O)c3nc(sc3C)[C@H](CC(N)=O)NC(=O)c3csc-4n3)n2)CC1. The van der Waals surface area contributed by atoms with Crippen molar-refractivity contribution in [2.24, 2.45) is 17.6 Å². The smallest absolute Gasteiger partial charge is 0.308 e. The van der Waals surface area contributed by atoms with Gasteiger partial charge in [-0.05, 0) is 68.0 Å². The van der Waals surface area contributed by atoms with Gasteiger partial charge in [0.2, 0.25) is 11.8 Å². The number of hydrogen-bond acceptors (Lipinski definition) is 24.